The first-order valence-electron chi connectivity index (χ1n) is 8.93. The SMILES string of the molecule is COCCCNC(=O)c1ccc2c(c1)CCN2S(=O)(=O)c1ccc(C)cc1. The van der Waals surface area contributed by atoms with Crippen LogP contribution in [0.15, 0.2) is 47.4 Å². The van der Waals surface area contributed by atoms with E-state index in [1.807, 2.05) is 6.92 Å². The molecule has 0 unspecified atom stereocenters. The molecule has 7 heteroatoms. The second-order valence-corrected chi connectivity index (χ2v) is 8.45. The van der Waals surface area contributed by atoms with Gasteiger partial charge in [-0.1, -0.05) is 17.7 Å². The highest BCUT2D eigenvalue weighted by Crippen LogP contribution is 2.33. The first-order valence-corrected chi connectivity index (χ1v) is 10.4. The Bertz CT molecular complexity index is 923. The smallest absolute Gasteiger partial charge is 0.264 e. The minimum Gasteiger partial charge on any atom is -0.385 e. The molecule has 3 rings (SSSR count). The van der Waals surface area contributed by atoms with Crippen LogP contribution in [0.25, 0.3) is 0 Å². The molecule has 6 nitrogen and oxygen atoms in total. The molecule has 0 radical (unpaired) electrons. The minimum absolute atomic E-state index is 0.159. The molecule has 1 amide bonds. The molecule has 2 aromatic carbocycles. The topological polar surface area (TPSA) is 75.7 Å². The van der Waals surface area contributed by atoms with E-state index < -0.39 is 10.0 Å². The van der Waals surface area contributed by atoms with Crippen LogP contribution >= 0.6 is 0 Å². The van der Waals surface area contributed by atoms with Crippen molar-refractivity contribution >= 4 is 21.6 Å². The summed E-state index contributed by atoms with van der Waals surface area (Å²) in [7, 11) is -1.98. The van der Waals surface area contributed by atoms with Gasteiger partial charge in [-0.2, -0.15) is 0 Å². The zero-order valence-corrected chi connectivity index (χ0v) is 16.4. The minimum atomic E-state index is -3.60. The van der Waals surface area contributed by atoms with Crippen LogP contribution in [0.4, 0.5) is 5.69 Å². The number of anilines is 1. The third-order valence-electron chi connectivity index (χ3n) is 4.61. The molecule has 1 aliphatic heterocycles. The van der Waals surface area contributed by atoms with Gasteiger partial charge in [-0.25, -0.2) is 8.42 Å². The van der Waals surface area contributed by atoms with Gasteiger partial charge in [0.1, 0.15) is 0 Å². The summed E-state index contributed by atoms with van der Waals surface area (Å²) in [4.78, 5) is 12.5. The van der Waals surface area contributed by atoms with Gasteiger partial charge in [-0.3, -0.25) is 9.10 Å². The molecule has 0 aromatic heterocycles. The number of benzene rings is 2. The largest absolute Gasteiger partial charge is 0.385 e. The van der Waals surface area contributed by atoms with Crippen LogP contribution in [-0.2, 0) is 21.2 Å². The summed E-state index contributed by atoms with van der Waals surface area (Å²) in [6, 6.07) is 12.0. The normalized spacial score (nSPS) is 13.5. The number of hydrogen-bond acceptors (Lipinski definition) is 4. The number of amides is 1. The third kappa shape index (κ3) is 4.14. The van der Waals surface area contributed by atoms with E-state index in [9.17, 15) is 13.2 Å². The maximum atomic E-state index is 13.0. The van der Waals surface area contributed by atoms with Crippen LogP contribution in [0.5, 0.6) is 0 Å². The maximum Gasteiger partial charge on any atom is 0.264 e. The highest BCUT2D eigenvalue weighted by atomic mass is 32.2. The number of nitrogens with zero attached hydrogens (tertiary/aromatic N) is 1. The van der Waals surface area contributed by atoms with Crippen molar-refractivity contribution in [3.8, 4) is 0 Å². The Kier molecular flexibility index (Phi) is 5.82. The molecule has 0 fully saturated rings. The number of fused-ring (bicyclic) bond motifs is 1. The van der Waals surface area contributed by atoms with Gasteiger partial charge in [0.15, 0.2) is 0 Å². The van der Waals surface area contributed by atoms with Crippen LogP contribution in [-0.4, -0.2) is 41.1 Å². The van der Waals surface area contributed by atoms with E-state index in [2.05, 4.69) is 5.32 Å². The Morgan fingerprint density at radius 2 is 1.93 bits per heavy atom. The molecule has 144 valence electrons. The number of ether oxygens (including phenoxy) is 1. The molecule has 1 heterocycles. The van der Waals surface area contributed by atoms with Crippen molar-refractivity contribution < 1.29 is 17.9 Å². The zero-order chi connectivity index (χ0) is 19.4. The lowest BCUT2D eigenvalue weighted by Gasteiger charge is -2.20. The first kappa shape index (κ1) is 19.4. The van der Waals surface area contributed by atoms with E-state index in [0.29, 0.717) is 37.4 Å². The van der Waals surface area contributed by atoms with Crippen LogP contribution in [0.2, 0.25) is 0 Å². The Labute approximate surface area is 160 Å². The van der Waals surface area contributed by atoms with E-state index in [1.54, 1.807) is 49.6 Å². The number of aryl methyl sites for hydroxylation is 1. The molecular weight excluding hydrogens is 364 g/mol. The molecular formula is C20H24N2O4S. The third-order valence-corrected chi connectivity index (χ3v) is 6.44. The molecule has 0 saturated carbocycles. The van der Waals surface area contributed by atoms with Gasteiger partial charge in [0.2, 0.25) is 0 Å². The Balaban J connectivity index is 1.78. The number of methoxy groups -OCH3 is 1. The molecule has 1 aliphatic rings. The quantitative estimate of drug-likeness (QED) is 0.740. The van der Waals surface area contributed by atoms with Crippen molar-refractivity contribution in [1.82, 2.24) is 5.32 Å². The van der Waals surface area contributed by atoms with Gasteiger partial charge in [-0.05, 0) is 55.7 Å². The van der Waals surface area contributed by atoms with Crippen molar-refractivity contribution in [3.05, 3.63) is 59.2 Å². The lowest BCUT2D eigenvalue weighted by molar-refractivity contribution is 0.0948. The Morgan fingerprint density at radius 1 is 1.19 bits per heavy atom. The van der Waals surface area contributed by atoms with Crippen molar-refractivity contribution in [3.63, 3.8) is 0 Å². The standard InChI is InChI=1S/C20H24N2O4S/c1-15-4-7-18(8-5-15)27(24,25)22-12-10-16-14-17(6-9-19(16)22)20(23)21-11-3-13-26-2/h4-9,14H,3,10-13H2,1-2H3,(H,21,23). The van der Waals surface area contributed by atoms with Crippen molar-refractivity contribution in [2.75, 3.05) is 31.1 Å². The van der Waals surface area contributed by atoms with Gasteiger partial charge < -0.3 is 10.1 Å². The van der Waals surface area contributed by atoms with E-state index in [0.717, 1.165) is 17.5 Å². The summed E-state index contributed by atoms with van der Waals surface area (Å²) >= 11 is 0. The number of nitrogens with one attached hydrogen (secondary N) is 1. The van der Waals surface area contributed by atoms with Crippen LogP contribution in [0, 0.1) is 6.92 Å². The monoisotopic (exact) mass is 388 g/mol. The maximum absolute atomic E-state index is 13.0. The fourth-order valence-electron chi connectivity index (χ4n) is 3.12. The van der Waals surface area contributed by atoms with Crippen LogP contribution in [0.3, 0.4) is 0 Å². The number of carbonyl (C=O) groups is 1. The second-order valence-electron chi connectivity index (χ2n) is 6.59. The molecule has 0 atom stereocenters. The summed E-state index contributed by atoms with van der Waals surface area (Å²) in [5.41, 5.74) is 3.07. The van der Waals surface area contributed by atoms with Gasteiger partial charge in [-0.15, -0.1) is 0 Å². The van der Waals surface area contributed by atoms with Crippen LogP contribution < -0.4 is 9.62 Å². The summed E-state index contributed by atoms with van der Waals surface area (Å²) in [6.07, 6.45) is 1.33. The summed E-state index contributed by atoms with van der Waals surface area (Å²) < 4.78 is 32.3. The summed E-state index contributed by atoms with van der Waals surface area (Å²) in [5.74, 6) is -0.159. The van der Waals surface area contributed by atoms with Gasteiger partial charge in [0.05, 0.1) is 10.6 Å². The van der Waals surface area contributed by atoms with Gasteiger partial charge in [0, 0.05) is 32.4 Å². The summed E-state index contributed by atoms with van der Waals surface area (Å²) in [5, 5.41) is 2.85. The molecule has 0 saturated heterocycles. The van der Waals surface area contributed by atoms with E-state index in [1.165, 1.54) is 4.31 Å². The lowest BCUT2D eigenvalue weighted by atomic mass is 10.1. The summed E-state index contributed by atoms with van der Waals surface area (Å²) in [6.45, 7) is 3.43. The highest BCUT2D eigenvalue weighted by Gasteiger charge is 2.31. The van der Waals surface area contributed by atoms with E-state index >= 15 is 0 Å². The molecule has 2 aromatic rings. The van der Waals surface area contributed by atoms with Crippen molar-refractivity contribution in [2.45, 2.75) is 24.7 Å². The van der Waals surface area contributed by atoms with Crippen molar-refractivity contribution in [2.24, 2.45) is 0 Å². The predicted molar refractivity (Wildman–Crippen MR) is 105 cm³/mol. The highest BCUT2D eigenvalue weighted by molar-refractivity contribution is 7.92. The van der Waals surface area contributed by atoms with E-state index in [4.69, 9.17) is 4.74 Å². The number of sulfonamides is 1. The fraction of sp³-hybridized carbons (Fsp3) is 0.350. The fourth-order valence-corrected chi connectivity index (χ4v) is 4.62. The Hall–Kier alpha value is -2.38. The predicted octanol–water partition coefficient (Wildman–Crippen LogP) is 2.51. The zero-order valence-electron chi connectivity index (χ0n) is 15.6. The molecule has 0 aliphatic carbocycles. The molecule has 0 bridgehead atoms. The average Bonchev–Trinajstić information content (AvgIpc) is 3.09. The molecule has 1 N–H and O–H groups in total. The average molecular weight is 388 g/mol. The Morgan fingerprint density at radius 3 is 2.63 bits per heavy atom. The van der Waals surface area contributed by atoms with Gasteiger partial charge in [0.25, 0.3) is 15.9 Å². The molecule has 27 heavy (non-hydrogen) atoms. The number of rotatable bonds is 7. The number of carbonyl (C=O) groups excluding carboxylic acids is 1. The molecule has 0 spiro atoms. The van der Waals surface area contributed by atoms with Gasteiger partial charge >= 0.3 is 0 Å². The van der Waals surface area contributed by atoms with E-state index in [-0.39, 0.29) is 10.8 Å². The number of hydrogen-bond donors (Lipinski definition) is 1. The first-order chi connectivity index (χ1) is 12.9. The van der Waals surface area contributed by atoms with Crippen LogP contribution in [0.1, 0.15) is 27.9 Å². The second kappa shape index (κ2) is 8.10. The van der Waals surface area contributed by atoms with Crippen molar-refractivity contribution in [1.29, 1.82) is 0 Å². The lowest BCUT2D eigenvalue weighted by Crippen LogP contribution is -2.29.